The Hall–Kier alpha value is -3.40. The Bertz CT molecular complexity index is 1500. The Kier molecular flexibility index (Phi) is 5.76. The summed E-state index contributed by atoms with van der Waals surface area (Å²) in [5, 5.41) is 4.12. The third-order valence-electron chi connectivity index (χ3n) is 4.81. The molecule has 0 saturated carbocycles. The highest BCUT2D eigenvalue weighted by atomic mass is 35.5. The van der Waals surface area contributed by atoms with Crippen LogP contribution in [0, 0.1) is 0 Å². The quantitative estimate of drug-likeness (QED) is 0.284. The van der Waals surface area contributed by atoms with Crippen molar-refractivity contribution in [2.45, 2.75) is 0 Å². The molecule has 0 aliphatic carbocycles. The number of amides is 1. The van der Waals surface area contributed by atoms with Gasteiger partial charge in [0.15, 0.2) is 16.6 Å². The van der Waals surface area contributed by atoms with Crippen LogP contribution in [0.3, 0.4) is 0 Å². The highest BCUT2D eigenvalue weighted by Gasteiger charge is 2.14. The number of thiophene rings is 1. The number of hydrogen-bond donors (Lipinski definition) is 1. The lowest BCUT2D eigenvalue weighted by Crippen LogP contribution is -2.09. The molecule has 0 aliphatic rings. The number of thiazole rings is 1. The summed E-state index contributed by atoms with van der Waals surface area (Å²) in [6.45, 7) is 0. The normalized spacial score (nSPS) is 11.0. The van der Waals surface area contributed by atoms with Gasteiger partial charge < -0.3 is 14.2 Å². The molecule has 0 aliphatic heterocycles. The number of anilines is 1. The number of benzene rings is 2. The number of pyridine rings is 1. The number of carbonyl (C=O) groups is 1. The molecular weight excluding hydrogens is 482 g/mol. The van der Waals surface area contributed by atoms with E-state index in [4.69, 9.17) is 25.8 Å². The van der Waals surface area contributed by atoms with E-state index in [-0.39, 0.29) is 5.91 Å². The van der Waals surface area contributed by atoms with Crippen LogP contribution in [-0.2, 0) is 0 Å². The van der Waals surface area contributed by atoms with Gasteiger partial charge in [0.1, 0.15) is 11.5 Å². The van der Waals surface area contributed by atoms with E-state index in [9.17, 15) is 4.79 Å². The van der Waals surface area contributed by atoms with Crippen molar-refractivity contribution in [3.8, 4) is 23.0 Å². The van der Waals surface area contributed by atoms with Crippen LogP contribution in [0.4, 0.5) is 5.13 Å². The molecule has 166 valence electrons. The third-order valence-corrected chi connectivity index (χ3v) is 6.98. The van der Waals surface area contributed by atoms with Gasteiger partial charge in [0, 0.05) is 23.7 Å². The Morgan fingerprint density at radius 3 is 2.52 bits per heavy atom. The SMILES string of the molecule is COc1cc2nccc(Oc3ccc4nc(NC(=O)c5ccc(Cl)s5)sc4c3)c2cc1OC. The summed E-state index contributed by atoms with van der Waals surface area (Å²) in [6.07, 6.45) is 1.68. The van der Waals surface area contributed by atoms with Gasteiger partial charge in [-0.1, -0.05) is 22.9 Å². The average molecular weight is 498 g/mol. The Balaban J connectivity index is 1.43. The standard InChI is InChI=1S/C23H16ClN3O4S2/c1-29-17-10-13-15(11-18(17)30-2)25-8-7-16(13)31-12-3-4-14-20(9-12)33-23(26-14)27-22(28)19-5-6-21(24)32-19/h3-11H,1-2H3,(H,26,27,28). The maximum absolute atomic E-state index is 12.4. The lowest BCUT2D eigenvalue weighted by molar-refractivity contribution is 0.103. The molecule has 0 bridgehead atoms. The van der Waals surface area contributed by atoms with Gasteiger partial charge in [-0.05, 0) is 36.4 Å². The number of aromatic nitrogens is 2. The Morgan fingerprint density at radius 1 is 0.939 bits per heavy atom. The van der Waals surface area contributed by atoms with Gasteiger partial charge >= 0.3 is 0 Å². The largest absolute Gasteiger partial charge is 0.493 e. The number of nitrogens with one attached hydrogen (secondary N) is 1. The van der Waals surface area contributed by atoms with Gasteiger partial charge in [0.2, 0.25) is 0 Å². The number of methoxy groups -OCH3 is 2. The molecule has 5 aromatic rings. The maximum Gasteiger partial charge on any atom is 0.267 e. The van der Waals surface area contributed by atoms with Crippen LogP contribution in [0.1, 0.15) is 9.67 Å². The van der Waals surface area contributed by atoms with Crippen LogP contribution >= 0.6 is 34.3 Å². The minimum atomic E-state index is -0.241. The first-order valence-electron chi connectivity index (χ1n) is 9.70. The van der Waals surface area contributed by atoms with Crippen molar-refractivity contribution >= 4 is 66.4 Å². The fourth-order valence-electron chi connectivity index (χ4n) is 3.28. The minimum Gasteiger partial charge on any atom is -0.493 e. The van der Waals surface area contributed by atoms with Crippen molar-refractivity contribution in [1.29, 1.82) is 0 Å². The monoisotopic (exact) mass is 497 g/mol. The smallest absolute Gasteiger partial charge is 0.267 e. The maximum atomic E-state index is 12.4. The van der Waals surface area contributed by atoms with E-state index in [0.29, 0.717) is 37.3 Å². The second-order valence-electron chi connectivity index (χ2n) is 6.84. The molecule has 10 heteroatoms. The van der Waals surface area contributed by atoms with Crippen molar-refractivity contribution in [2.24, 2.45) is 0 Å². The number of ether oxygens (including phenoxy) is 3. The van der Waals surface area contributed by atoms with Crippen LogP contribution in [0.15, 0.2) is 54.7 Å². The van der Waals surface area contributed by atoms with Gasteiger partial charge in [0.05, 0.1) is 39.2 Å². The van der Waals surface area contributed by atoms with Crippen LogP contribution in [0.25, 0.3) is 21.1 Å². The number of rotatable bonds is 6. The van der Waals surface area contributed by atoms with E-state index in [1.807, 2.05) is 30.3 Å². The summed E-state index contributed by atoms with van der Waals surface area (Å²) in [5.41, 5.74) is 1.49. The van der Waals surface area contributed by atoms with E-state index in [1.54, 1.807) is 38.6 Å². The van der Waals surface area contributed by atoms with Crippen molar-refractivity contribution in [1.82, 2.24) is 9.97 Å². The molecule has 0 radical (unpaired) electrons. The van der Waals surface area contributed by atoms with Crippen molar-refractivity contribution in [3.05, 3.63) is 63.9 Å². The lowest BCUT2D eigenvalue weighted by Gasteiger charge is -2.12. The average Bonchev–Trinajstić information content (AvgIpc) is 3.43. The van der Waals surface area contributed by atoms with E-state index >= 15 is 0 Å². The zero-order valence-corrected chi connectivity index (χ0v) is 19.8. The topological polar surface area (TPSA) is 82.6 Å². The van der Waals surface area contributed by atoms with Crippen LogP contribution in [0.5, 0.6) is 23.0 Å². The summed E-state index contributed by atoms with van der Waals surface area (Å²) in [4.78, 5) is 21.8. The van der Waals surface area contributed by atoms with E-state index < -0.39 is 0 Å². The van der Waals surface area contributed by atoms with Gasteiger partial charge in [0.25, 0.3) is 5.91 Å². The van der Waals surface area contributed by atoms with Gasteiger partial charge in [-0.3, -0.25) is 15.1 Å². The Morgan fingerprint density at radius 2 is 1.76 bits per heavy atom. The molecule has 33 heavy (non-hydrogen) atoms. The van der Waals surface area contributed by atoms with Crippen molar-refractivity contribution in [3.63, 3.8) is 0 Å². The number of hydrogen-bond acceptors (Lipinski definition) is 8. The molecule has 1 N–H and O–H groups in total. The first-order chi connectivity index (χ1) is 16.0. The summed E-state index contributed by atoms with van der Waals surface area (Å²) in [7, 11) is 3.17. The molecule has 0 saturated heterocycles. The molecule has 0 atom stereocenters. The van der Waals surface area contributed by atoms with Crippen LogP contribution in [-0.4, -0.2) is 30.1 Å². The predicted octanol–water partition coefficient (Wildman–Crippen LogP) is 6.62. The highest BCUT2D eigenvalue weighted by molar-refractivity contribution is 7.22. The predicted molar refractivity (Wildman–Crippen MR) is 132 cm³/mol. The number of halogens is 1. The van der Waals surface area contributed by atoms with E-state index in [0.717, 1.165) is 21.1 Å². The summed E-state index contributed by atoms with van der Waals surface area (Å²) in [6, 6.07) is 14.4. The molecule has 0 fully saturated rings. The lowest BCUT2D eigenvalue weighted by atomic mass is 10.2. The number of fused-ring (bicyclic) bond motifs is 2. The zero-order valence-electron chi connectivity index (χ0n) is 17.4. The molecule has 2 aromatic carbocycles. The molecule has 7 nitrogen and oxygen atoms in total. The minimum absolute atomic E-state index is 0.241. The molecule has 3 aromatic heterocycles. The molecule has 0 unspecified atom stereocenters. The van der Waals surface area contributed by atoms with Gasteiger partial charge in [-0.2, -0.15) is 0 Å². The Labute approximate surface area is 201 Å². The van der Waals surface area contributed by atoms with Crippen molar-refractivity contribution in [2.75, 3.05) is 19.5 Å². The third kappa shape index (κ3) is 4.30. The molecule has 5 rings (SSSR count). The van der Waals surface area contributed by atoms with E-state index in [1.165, 1.54) is 22.7 Å². The molecular formula is C23H16ClN3O4S2. The second kappa shape index (κ2) is 8.86. The molecule has 1 amide bonds. The fourth-order valence-corrected chi connectivity index (χ4v) is 5.11. The number of carbonyl (C=O) groups excluding carboxylic acids is 1. The number of nitrogens with zero attached hydrogens (tertiary/aromatic N) is 2. The molecule has 3 heterocycles. The zero-order chi connectivity index (χ0) is 22.9. The highest BCUT2D eigenvalue weighted by Crippen LogP contribution is 2.38. The summed E-state index contributed by atoms with van der Waals surface area (Å²) >= 11 is 8.50. The van der Waals surface area contributed by atoms with E-state index in [2.05, 4.69) is 15.3 Å². The van der Waals surface area contributed by atoms with Gasteiger partial charge in [-0.25, -0.2) is 4.98 Å². The first kappa shape index (κ1) is 21.4. The summed E-state index contributed by atoms with van der Waals surface area (Å²) in [5.74, 6) is 2.22. The van der Waals surface area contributed by atoms with Gasteiger partial charge in [-0.15, -0.1) is 11.3 Å². The van der Waals surface area contributed by atoms with Crippen molar-refractivity contribution < 1.29 is 19.0 Å². The first-order valence-corrected chi connectivity index (χ1v) is 11.7. The second-order valence-corrected chi connectivity index (χ2v) is 9.59. The molecule has 0 spiro atoms. The van der Waals surface area contributed by atoms with Crippen LogP contribution in [0.2, 0.25) is 4.34 Å². The van der Waals surface area contributed by atoms with Crippen LogP contribution < -0.4 is 19.5 Å². The summed E-state index contributed by atoms with van der Waals surface area (Å²) < 4.78 is 18.4. The fraction of sp³-hybridized carbons (Fsp3) is 0.0870.